The summed E-state index contributed by atoms with van der Waals surface area (Å²) in [7, 11) is 3.52. The molecule has 0 fully saturated rings. The van der Waals surface area contributed by atoms with Gasteiger partial charge < -0.3 is 4.57 Å². The van der Waals surface area contributed by atoms with Crippen molar-refractivity contribution in [1.82, 2.24) is 14.3 Å². The Morgan fingerprint density at radius 3 is 2.37 bits per heavy atom. The molecule has 6 nitrogen and oxygen atoms in total. The van der Waals surface area contributed by atoms with Crippen molar-refractivity contribution < 1.29 is 4.79 Å². The second kappa shape index (κ2) is 6.09. The van der Waals surface area contributed by atoms with Crippen LogP contribution in [-0.4, -0.2) is 20.3 Å². The highest BCUT2D eigenvalue weighted by molar-refractivity contribution is 6.30. The summed E-state index contributed by atoms with van der Waals surface area (Å²) < 4.78 is 3.23. The van der Waals surface area contributed by atoms with E-state index in [-0.39, 0.29) is 17.5 Å². The van der Waals surface area contributed by atoms with Crippen LogP contribution in [0.25, 0.3) is 0 Å². The molecule has 0 N–H and O–H groups in total. The average molecular weight is 383 g/mol. The SMILES string of the molecule is Cc1cc(N2C(=O)c3nn(C)c(C)c3[C@H]2c2ccc(Cl)cc2)cn(C)c1=O. The third kappa shape index (κ3) is 2.59. The maximum absolute atomic E-state index is 13.3. The van der Waals surface area contributed by atoms with Crippen LogP contribution in [0.1, 0.15) is 38.9 Å². The monoisotopic (exact) mass is 382 g/mol. The fourth-order valence-corrected chi connectivity index (χ4v) is 3.81. The zero-order valence-electron chi connectivity index (χ0n) is 15.5. The number of fused-ring (bicyclic) bond motifs is 1. The highest BCUT2D eigenvalue weighted by Gasteiger charge is 2.43. The number of hydrogen-bond acceptors (Lipinski definition) is 3. The number of amides is 1. The average Bonchev–Trinajstić information content (AvgIpc) is 3.08. The standard InChI is InChI=1S/C20H19ClN4O2/c1-11-9-15(10-23(3)19(11)26)25-18(13-5-7-14(21)8-6-13)16-12(2)24(4)22-17(16)20(25)27/h5-10,18H,1-4H3/t18-/m1/s1. The third-order valence-electron chi connectivity index (χ3n) is 5.15. The Kier molecular flexibility index (Phi) is 3.96. The van der Waals surface area contributed by atoms with Crippen LogP contribution in [0.15, 0.2) is 41.3 Å². The summed E-state index contributed by atoms with van der Waals surface area (Å²) >= 11 is 6.06. The van der Waals surface area contributed by atoms with E-state index in [0.717, 1.165) is 16.8 Å². The number of rotatable bonds is 2. The molecule has 0 saturated carbocycles. The number of pyridine rings is 1. The van der Waals surface area contributed by atoms with Gasteiger partial charge in [-0.25, -0.2) is 0 Å². The zero-order valence-corrected chi connectivity index (χ0v) is 16.3. The minimum Gasteiger partial charge on any atom is -0.316 e. The number of aromatic nitrogens is 3. The predicted molar refractivity (Wildman–Crippen MR) is 104 cm³/mol. The van der Waals surface area contributed by atoms with Crippen LogP contribution in [0.5, 0.6) is 0 Å². The number of halogens is 1. The van der Waals surface area contributed by atoms with Crippen LogP contribution in [0.4, 0.5) is 5.69 Å². The molecule has 0 saturated heterocycles. The summed E-state index contributed by atoms with van der Waals surface area (Å²) in [6.07, 6.45) is 1.69. The van der Waals surface area contributed by atoms with Gasteiger partial charge in [-0.1, -0.05) is 23.7 Å². The van der Waals surface area contributed by atoms with E-state index in [4.69, 9.17) is 11.6 Å². The second-order valence-electron chi connectivity index (χ2n) is 6.90. The van der Waals surface area contributed by atoms with Crippen LogP contribution in [0.3, 0.4) is 0 Å². The molecule has 0 radical (unpaired) electrons. The van der Waals surface area contributed by atoms with Crippen molar-refractivity contribution in [3.63, 3.8) is 0 Å². The van der Waals surface area contributed by atoms with E-state index in [1.807, 2.05) is 38.2 Å². The quantitative estimate of drug-likeness (QED) is 0.684. The molecule has 27 heavy (non-hydrogen) atoms. The summed E-state index contributed by atoms with van der Waals surface area (Å²) in [5.74, 6) is -0.174. The molecule has 0 aliphatic carbocycles. The Morgan fingerprint density at radius 2 is 1.74 bits per heavy atom. The van der Waals surface area contributed by atoms with E-state index in [1.54, 1.807) is 35.8 Å². The molecule has 1 aromatic carbocycles. The van der Waals surface area contributed by atoms with Crippen molar-refractivity contribution in [2.75, 3.05) is 4.90 Å². The van der Waals surface area contributed by atoms with E-state index in [0.29, 0.717) is 22.0 Å². The number of anilines is 1. The first-order valence-corrected chi connectivity index (χ1v) is 8.97. The van der Waals surface area contributed by atoms with Crippen molar-refractivity contribution >= 4 is 23.2 Å². The highest BCUT2D eigenvalue weighted by atomic mass is 35.5. The van der Waals surface area contributed by atoms with Gasteiger partial charge in [0, 0.05) is 42.1 Å². The van der Waals surface area contributed by atoms with Gasteiger partial charge in [0.2, 0.25) is 0 Å². The van der Waals surface area contributed by atoms with Gasteiger partial charge in [-0.2, -0.15) is 5.10 Å². The summed E-state index contributed by atoms with van der Waals surface area (Å²) in [5.41, 5.74) is 4.37. The molecule has 1 aliphatic rings. The van der Waals surface area contributed by atoms with E-state index in [1.165, 1.54) is 4.57 Å². The molecule has 2 aromatic heterocycles. The van der Waals surface area contributed by atoms with Gasteiger partial charge in [0.15, 0.2) is 5.69 Å². The zero-order chi connectivity index (χ0) is 19.5. The molecule has 0 bridgehead atoms. The van der Waals surface area contributed by atoms with Crippen molar-refractivity contribution in [3.05, 3.63) is 80.0 Å². The van der Waals surface area contributed by atoms with Gasteiger partial charge in [-0.3, -0.25) is 19.2 Å². The number of benzene rings is 1. The maximum Gasteiger partial charge on any atom is 0.280 e. The number of aryl methyl sites for hydroxylation is 3. The molecule has 0 unspecified atom stereocenters. The van der Waals surface area contributed by atoms with Crippen LogP contribution in [0, 0.1) is 13.8 Å². The number of hydrogen-bond donors (Lipinski definition) is 0. The fourth-order valence-electron chi connectivity index (χ4n) is 3.69. The van der Waals surface area contributed by atoms with E-state index >= 15 is 0 Å². The molecule has 1 aliphatic heterocycles. The minimum atomic E-state index is -0.324. The molecule has 1 atom stereocenters. The first kappa shape index (κ1) is 17.5. The molecule has 7 heteroatoms. The lowest BCUT2D eigenvalue weighted by molar-refractivity contribution is 0.0988. The number of carbonyl (C=O) groups excluding carboxylic acids is 1. The topological polar surface area (TPSA) is 60.1 Å². The van der Waals surface area contributed by atoms with E-state index < -0.39 is 0 Å². The lowest BCUT2D eigenvalue weighted by atomic mass is 9.99. The van der Waals surface area contributed by atoms with Crippen LogP contribution in [-0.2, 0) is 14.1 Å². The first-order valence-electron chi connectivity index (χ1n) is 8.59. The molecule has 1 amide bonds. The Hall–Kier alpha value is -2.86. The Balaban J connectivity index is 1.96. The second-order valence-corrected chi connectivity index (χ2v) is 7.33. The Morgan fingerprint density at radius 1 is 1.07 bits per heavy atom. The summed E-state index contributed by atoms with van der Waals surface area (Å²) in [6, 6.07) is 8.90. The fraction of sp³-hybridized carbons (Fsp3) is 0.250. The van der Waals surface area contributed by atoms with E-state index in [2.05, 4.69) is 5.10 Å². The Bertz CT molecular complexity index is 1100. The lowest BCUT2D eigenvalue weighted by Crippen LogP contribution is -2.31. The van der Waals surface area contributed by atoms with Crippen LogP contribution in [0.2, 0.25) is 5.02 Å². The number of nitrogens with zero attached hydrogens (tertiary/aromatic N) is 4. The van der Waals surface area contributed by atoms with Crippen molar-refractivity contribution in [1.29, 1.82) is 0 Å². The molecule has 3 aromatic rings. The van der Waals surface area contributed by atoms with Crippen molar-refractivity contribution in [2.45, 2.75) is 19.9 Å². The van der Waals surface area contributed by atoms with Crippen LogP contribution >= 0.6 is 11.6 Å². The molecule has 0 spiro atoms. The number of carbonyl (C=O) groups is 1. The molecule has 138 valence electrons. The largest absolute Gasteiger partial charge is 0.316 e. The molecular formula is C20H19ClN4O2. The molecule has 3 heterocycles. The maximum atomic E-state index is 13.3. The minimum absolute atomic E-state index is 0.0823. The smallest absolute Gasteiger partial charge is 0.280 e. The van der Waals surface area contributed by atoms with Gasteiger partial charge >= 0.3 is 0 Å². The summed E-state index contributed by atoms with van der Waals surface area (Å²) in [4.78, 5) is 27.1. The van der Waals surface area contributed by atoms with E-state index in [9.17, 15) is 9.59 Å². The van der Waals surface area contributed by atoms with Gasteiger partial charge in [0.1, 0.15) is 0 Å². The van der Waals surface area contributed by atoms with Gasteiger partial charge in [0.25, 0.3) is 11.5 Å². The van der Waals surface area contributed by atoms with Crippen molar-refractivity contribution in [2.24, 2.45) is 14.1 Å². The third-order valence-corrected chi connectivity index (χ3v) is 5.40. The Labute approximate surface area is 161 Å². The first-order chi connectivity index (χ1) is 12.8. The lowest BCUT2D eigenvalue weighted by Gasteiger charge is -2.27. The van der Waals surface area contributed by atoms with Gasteiger partial charge in [-0.15, -0.1) is 0 Å². The summed E-state index contributed by atoms with van der Waals surface area (Å²) in [6.45, 7) is 3.71. The normalized spacial score (nSPS) is 16.1. The van der Waals surface area contributed by atoms with Crippen LogP contribution < -0.4 is 10.5 Å². The molecule has 4 rings (SSSR count). The van der Waals surface area contributed by atoms with Gasteiger partial charge in [0.05, 0.1) is 11.7 Å². The molecular weight excluding hydrogens is 364 g/mol. The van der Waals surface area contributed by atoms with Crippen molar-refractivity contribution in [3.8, 4) is 0 Å². The predicted octanol–water partition coefficient (Wildman–Crippen LogP) is 3.14. The van der Waals surface area contributed by atoms with Gasteiger partial charge in [-0.05, 0) is 37.6 Å². The summed E-state index contributed by atoms with van der Waals surface area (Å²) in [5, 5.41) is 5.07. The highest BCUT2D eigenvalue weighted by Crippen LogP contribution is 2.42.